The van der Waals surface area contributed by atoms with Crippen LogP contribution < -0.4 is 5.73 Å². The molecule has 0 saturated carbocycles. The van der Waals surface area contributed by atoms with Gasteiger partial charge in [-0.05, 0) is 43.2 Å². The summed E-state index contributed by atoms with van der Waals surface area (Å²) in [5.41, 5.74) is 9.22. The van der Waals surface area contributed by atoms with Gasteiger partial charge < -0.3 is 5.73 Å². The molecule has 0 aromatic heterocycles. The quantitative estimate of drug-likeness (QED) is 0.897. The molecule has 106 valence electrons. The molecular formula is C16H26N2S. The fourth-order valence-corrected chi connectivity index (χ4v) is 3.76. The molecule has 0 fully saturated rings. The van der Waals surface area contributed by atoms with E-state index in [1.807, 2.05) is 11.8 Å². The Balaban J connectivity index is 2.38. The van der Waals surface area contributed by atoms with Gasteiger partial charge in [-0.25, -0.2) is 0 Å². The molecule has 19 heavy (non-hydrogen) atoms. The van der Waals surface area contributed by atoms with Gasteiger partial charge in [-0.15, -0.1) is 0 Å². The lowest BCUT2D eigenvalue weighted by molar-refractivity contribution is 0.107. The lowest BCUT2D eigenvalue weighted by atomic mass is 9.71. The minimum absolute atomic E-state index is 0.0405. The van der Waals surface area contributed by atoms with Crippen molar-refractivity contribution in [2.45, 2.75) is 31.2 Å². The van der Waals surface area contributed by atoms with Crippen molar-refractivity contribution < 1.29 is 0 Å². The molecule has 0 saturated heterocycles. The van der Waals surface area contributed by atoms with Crippen molar-refractivity contribution in [2.24, 2.45) is 5.73 Å². The molecule has 0 heterocycles. The minimum Gasteiger partial charge on any atom is -0.328 e. The molecule has 2 nitrogen and oxygen atoms in total. The van der Waals surface area contributed by atoms with Gasteiger partial charge in [0.15, 0.2) is 0 Å². The van der Waals surface area contributed by atoms with Gasteiger partial charge in [0.25, 0.3) is 0 Å². The standard InChI is InChI=1S/C16H26N2S/c1-13-8-9-16(12-17,18(2)10-11-19-3)15-7-5-4-6-14(13)15/h4-7,13H,8-12,17H2,1-3H3. The summed E-state index contributed by atoms with van der Waals surface area (Å²) >= 11 is 1.90. The Morgan fingerprint density at radius 2 is 2.16 bits per heavy atom. The van der Waals surface area contributed by atoms with E-state index in [4.69, 9.17) is 5.73 Å². The monoisotopic (exact) mass is 278 g/mol. The van der Waals surface area contributed by atoms with Gasteiger partial charge in [0.2, 0.25) is 0 Å². The first-order valence-electron chi connectivity index (χ1n) is 7.15. The van der Waals surface area contributed by atoms with E-state index in [9.17, 15) is 0 Å². The first kappa shape index (κ1) is 14.9. The Morgan fingerprint density at radius 3 is 2.84 bits per heavy atom. The molecule has 1 aromatic carbocycles. The van der Waals surface area contributed by atoms with E-state index in [1.165, 1.54) is 24.0 Å². The summed E-state index contributed by atoms with van der Waals surface area (Å²) < 4.78 is 0. The summed E-state index contributed by atoms with van der Waals surface area (Å²) in [5, 5.41) is 0. The fourth-order valence-electron chi connectivity index (χ4n) is 3.30. The van der Waals surface area contributed by atoms with E-state index in [0.717, 1.165) is 12.3 Å². The lowest BCUT2D eigenvalue weighted by Gasteiger charge is -2.47. The molecule has 2 N–H and O–H groups in total. The van der Waals surface area contributed by atoms with E-state index in [-0.39, 0.29) is 5.54 Å². The number of thioether (sulfide) groups is 1. The highest BCUT2D eigenvalue weighted by Crippen LogP contribution is 2.43. The topological polar surface area (TPSA) is 29.3 Å². The number of fused-ring (bicyclic) bond motifs is 1. The van der Waals surface area contributed by atoms with Crippen molar-refractivity contribution >= 4 is 11.8 Å². The second-order valence-electron chi connectivity index (χ2n) is 5.68. The van der Waals surface area contributed by atoms with E-state index in [2.05, 4.69) is 49.4 Å². The Morgan fingerprint density at radius 1 is 1.42 bits per heavy atom. The summed E-state index contributed by atoms with van der Waals surface area (Å²) in [7, 11) is 2.23. The van der Waals surface area contributed by atoms with Crippen LogP contribution in [0.2, 0.25) is 0 Å². The van der Waals surface area contributed by atoms with Crippen LogP contribution in [0.15, 0.2) is 24.3 Å². The Labute approximate surface area is 121 Å². The van der Waals surface area contributed by atoms with Crippen LogP contribution in [0.25, 0.3) is 0 Å². The number of hydrogen-bond donors (Lipinski definition) is 1. The molecule has 1 aromatic rings. The van der Waals surface area contributed by atoms with E-state index >= 15 is 0 Å². The van der Waals surface area contributed by atoms with Crippen LogP contribution in [0.1, 0.15) is 36.8 Å². The predicted molar refractivity (Wildman–Crippen MR) is 85.8 cm³/mol. The van der Waals surface area contributed by atoms with Gasteiger partial charge in [-0.3, -0.25) is 4.90 Å². The van der Waals surface area contributed by atoms with Crippen LogP contribution in [0, 0.1) is 0 Å². The molecule has 0 amide bonds. The summed E-state index contributed by atoms with van der Waals surface area (Å²) in [6.07, 6.45) is 4.57. The second-order valence-corrected chi connectivity index (χ2v) is 6.66. The molecule has 0 spiro atoms. The highest BCUT2D eigenvalue weighted by Gasteiger charge is 2.40. The van der Waals surface area contributed by atoms with Gasteiger partial charge in [0.1, 0.15) is 0 Å². The van der Waals surface area contributed by atoms with E-state index < -0.39 is 0 Å². The van der Waals surface area contributed by atoms with Crippen molar-refractivity contribution in [3.63, 3.8) is 0 Å². The molecule has 1 aliphatic carbocycles. The third kappa shape index (κ3) is 2.69. The molecule has 1 aliphatic rings. The van der Waals surface area contributed by atoms with Gasteiger partial charge in [0, 0.05) is 18.8 Å². The predicted octanol–water partition coefficient (Wildman–Crippen LogP) is 3.03. The average Bonchev–Trinajstić information content (AvgIpc) is 2.46. The summed E-state index contributed by atoms with van der Waals surface area (Å²) in [5.74, 6) is 1.82. The number of likely N-dealkylation sites (N-methyl/N-ethyl adjacent to an activating group) is 1. The first-order valence-corrected chi connectivity index (χ1v) is 8.54. The van der Waals surface area contributed by atoms with Crippen LogP contribution in [-0.2, 0) is 5.54 Å². The normalized spacial score (nSPS) is 26.5. The molecule has 2 unspecified atom stereocenters. The molecule has 0 aliphatic heterocycles. The molecule has 2 atom stereocenters. The van der Waals surface area contributed by atoms with Crippen molar-refractivity contribution in [3.8, 4) is 0 Å². The summed E-state index contributed by atoms with van der Waals surface area (Å²) in [6.45, 7) is 4.14. The SMILES string of the molecule is CSCCN(C)C1(CN)CCC(C)c2ccccc21. The van der Waals surface area contributed by atoms with Crippen molar-refractivity contribution in [1.82, 2.24) is 4.90 Å². The molecular weight excluding hydrogens is 252 g/mol. The van der Waals surface area contributed by atoms with Crippen LogP contribution in [0.3, 0.4) is 0 Å². The Hall–Kier alpha value is -0.510. The third-order valence-electron chi connectivity index (χ3n) is 4.68. The maximum Gasteiger partial charge on any atom is 0.0584 e. The largest absolute Gasteiger partial charge is 0.328 e. The summed E-state index contributed by atoms with van der Waals surface area (Å²) in [4.78, 5) is 2.48. The van der Waals surface area contributed by atoms with E-state index in [1.54, 1.807) is 0 Å². The Kier molecular flexibility index (Phi) is 4.93. The number of nitrogens with zero attached hydrogens (tertiary/aromatic N) is 1. The van der Waals surface area contributed by atoms with Crippen LogP contribution in [0.5, 0.6) is 0 Å². The maximum absolute atomic E-state index is 6.22. The summed E-state index contributed by atoms with van der Waals surface area (Å²) in [6, 6.07) is 8.88. The number of benzene rings is 1. The second kappa shape index (κ2) is 6.29. The van der Waals surface area contributed by atoms with Crippen molar-refractivity contribution in [3.05, 3.63) is 35.4 Å². The number of hydrogen-bond acceptors (Lipinski definition) is 3. The van der Waals surface area contributed by atoms with E-state index in [0.29, 0.717) is 12.5 Å². The zero-order chi connectivity index (χ0) is 13.9. The number of rotatable bonds is 5. The highest BCUT2D eigenvalue weighted by molar-refractivity contribution is 7.98. The zero-order valence-electron chi connectivity index (χ0n) is 12.4. The third-order valence-corrected chi connectivity index (χ3v) is 5.27. The Bertz CT molecular complexity index is 421. The minimum atomic E-state index is 0.0405. The maximum atomic E-state index is 6.22. The van der Waals surface area contributed by atoms with Crippen LogP contribution in [0.4, 0.5) is 0 Å². The fraction of sp³-hybridized carbons (Fsp3) is 0.625. The molecule has 0 radical (unpaired) electrons. The number of nitrogens with two attached hydrogens (primary N) is 1. The first-order chi connectivity index (χ1) is 9.15. The van der Waals surface area contributed by atoms with Crippen LogP contribution >= 0.6 is 11.8 Å². The molecule has 2 rings (SSSR count). The average molecular weight is 278 g/mol. The molecule has 0 bridgehead atoms. The van der Waals surface area contributed by atoms with Crippen LogP contribution in [-0.4, -0.2) is 37.0 Å². The van der Waals surface area contributed by atoms with Gasteiger partial charge in [-0.1, -0.05) is 31.2 Å². The highest BCUT2D eigenvalue weighted by atomic mass is 32.2. The van der Waals surface area contributed by atoms with Crippen molar-refractivity contribution in [2.75, 3.05) is 32.1 Å². The van der Waals surface area contributed by atoms with Gasteiger partial charge in [-0.2, -0.15) is 11.8 Å². The molecule has 3 heteroatoms. The van der Waals surface area contributed by atoms with Gasteiger partial charge in [0.05, 0.1) is 5.54 Å². The zero-order valence-corrected chi connectivity index (χ0v) is 13.2. The van der Waals surface area contributed by atoms with Crippen molar-refractivity contribution in [1.29, 1.82) is 0 Å². The van der Waals surface area contributed by atoms with Gasteiger partial charge >= 0.3 is 0 Å². The lowest BCUT2D eigenvalue weighted by Crippen LogP contribution is -2.52. The smallest absolute Gasteiger partial charge is 0.0584 e.